The number of rotatable bonds is 3. The molecule has 1 aliphatic heterocycles. The zero-order chi connectivity index (χ0) is 13.8. The third-order valence-electron chi connectivity index (χ3n) is 4.40. The van der Waals surface area contributed by atoms with Gasteiger partial charge < -0.3 is 15.5 Å². The quantitative estimate of drug-likeness (QED) is 0.906. The van der Waals surface area contributed by atoms with Crippen LogP contribution in [0.15, 0.2) is 24.3 Å². The molecule has 1 fully saturated rings. The average molecular weight is 261 g/mol. The molecule has 0 bridgehead atoms. The van der Waals surface area contributed by atoms with Crippen molar-refractivity contribution in [3.8, 4) is 0 Å². The first-order valence-electron chi connectivity index (χ1n) is 7.36. The third-order valence-corrected chi connectivity index (χ3v) is 4.40. The van der Waals surface area contributed by atoms with Crippen molar-refractivity contribution < 1.29 is 0 Å². The molecular weight excluding hydrogens is 234 g/mol. The summed E-state index contributed by atoms with van der Waals surface area (Å²) in [6.07, 6.45) is 2.28. The molecule has 1 aromatic rings. The molecule has 2 N–H and O–H groups in total. The van der Waals surface area contributed by atoms with Crippen molar-refractivity contribution >= 4 is 5.69 Å². The summed E-state index contributed by atoms with van der Waals surface area (Å²) in [6.45, 7) is 7.51. The van der Waals surface area contributed by atoms with Gasteiger partial charge in [0.1, 0.15) is 0 Å². The summed E-state index contributed by atoms with van der Waals surface area (Å²) in [7, 11) is 2.23. The zero-order valence-electron chi connectivity index (χ0n) is 12.5. The average Bonchev–Trinajstić information content (AvgIpc) is 2.52. The van der Waals surface area contributed by atoms with Gasteiger partial charge in [0, 0.05) is 30.9 Å². The lowest BCUT2D eigenvalue weighted by Gasteiger charge is -2.34. The number of nitrogens with two attached hydrogens (primary N) is 1. The lowest BCUT2D eigenvalue weighted by molar-refractivity contribution is 0.253. The summed E-state index contributed by atoms with van der Waals surface area (Å²) >= 11 is 0. The largest absolute Gasteiger partial charge is 0.367 e. The first-order chi connectivity index (χ1) is 9.13. The van der Waals surface area contributed by atoms with E-state index in [-0.39, 0.29) is 0 Å². The second-order valence-electron chi connectivity index (χ2n) is 5.79. The zero-order valence-corrected chi connectivity index (χ0v) is 12.5. The van der Waals surface area contributed by atoms with E-state index in [1.165, 1.54) is 17.7 Å². The molecule has 0 amide bonds. The highest BCUT2D eigenvalue weighted by atomic mass is 15.2. The Labute approximate surface area is 117 Å². The highest BCUT2D eigenvalue weighted by molar-refractivity contribution is 5.54. The number of hydrogen-bond acceptors (Lipinski definition) is 3. The molecule has 1 aromatic carbocycles. The van der Waals surface area contributed by atoms with Crippen LogP contribution in [-0.2, 0) is 0 Å². The van der Waals surface area contributed by atoms with Gasteiger partial charge in [0.05, 0.1) is 0 Å². The van der Waals surface area contributed by atoms with Crippen molar-refractivity contribution in [3.63, 3.8) is 0 Å². The number of para-hydroxylation sites is 1. The summed E-state index contributed by atoms with van der Waals surface area (Å²) in [5.74, 6) is 0. The molecule has 19 heavy (non-hydrogen) atoms. The maximum atomic E-state index is 5.82. The Balaban J connectivity index is 2.27. The number of nitrogens with zero attached hydrogens (tertiary/aromatic N) is 2. The van der Waals surface area contributed by atoms with Crippen molar-refractivity contribution in [1.29, 1.82) is 0 Å². The van der Waals surface area contributed by atoms with Gasteiger partial charge in [-0.1, -0.05) is 18.2 Å². The van der Waals surface area contributed by atoms with E-state index in [0.29, 0.717) is 12.1 Å². The van der Waals surface area contributed by atoms with Crippen LogP contribution >= 0.6 is 0 Å². The van der Waals surface area contributed by atoms with Crippen LogP contribution in [-0.4, -0.2) is 43.7 Å². The molecule has 2 unspecified atom stereocenters. The second-order valence-corrected chi connectivity index (χ2v) is 5.79. The Hall–Kier alpha value is -1.06. The molecule has 0 aliphatic carbocycles. The SMILES string of the molecule is Cc1ccccc1N1CCC(C)N(C)CC1CCN. The van der Waals surface area contributed by atoms with Gasteiger partial charge in [-0.25, -0.2) is 0 Å². The monoisotopic (exact) mass is 261 g/mol. The summed E-state index contributed by atoms with van der Waals surface area (Å²) in [5, 5.41) is 0. The molecule has 0 spiro atoms. The standard InChI is InChI=1S/C16H27N3/c1-13-6-4-5-7-16(13)19-11-9-14(2)18(3)12-15(19)8-10-17/h4-7,14-15H,8-12,17H2,1-3H3. The van der Waals surface area contributed by atoms with Crippen LogP contribution in [0.1, 0.15) is 25.3 Å². The Morgan fingerprint density at radius 3 is 2.74 bits per heavy atom. The van der Waals surface area contributed by atoms with E-state index in [1.807, 2.05) is 0 Å². The van der Waals surface area contributed by atoms with Crippen molar-refractivity contribution in [2.75, 3.05) is 31.6 Å². The van der Waals surface area contributed by atoms with Gasteiger partial charge in [0.25, 0.3) is 0 Å². The van der Waals surface area contributed by atoms with E-state index in [1.54, 1.807) is 0 Å². The predicted molar refractivity (Wildman–Crippen MR) is 82.7 cm³/mol. The van der Waals surface area contributed by atoms with Gasteiger partial charge in [0.2, 0.25) is 0 Å². The Morgan fingerprint density at radius 2 is 2.05 bits per heavy atom. The van der Waals surface area contributed by atoms with Crippen LogP contribution < -0.4 is 10.6 Å². The molecule has 2 rings (SSSR count). The number of benzene rings is 1. The number of aryl methyl sites for hydroxylation is 1. The lowest BCUT2D eigenvalue weighted by atomic mass is 10.1. The summed E-state index contributed by atoms with van der Waals surface area (Å²) in [4.78, 5) is 5.04. The summed E-state index contributed by atoms with van der Waals surface area (Å²) < 4.78 is 0. The predicted octanol–water partition coefficient (Wildman–Crippen LogP) is 2.24. The minimum absolute atomic E-state index is 0.529. The number of anilines is 1. The molecule has 3 heteroatoms. The van der Waals surface area contributed by atoms with Crippen molar-refractivity contribution in [1.82, 2.24) is 4.90 Å². The maximum Gasteiger partial charge on any atom is 0.0429 e. The van der Waals surface area contributed by atoms with E-state index in [2.05, 4.69) is 55.0 Å². The van der Waals surface area contributed by atoms with Crippen molar-refractivity contribution in [2.24, 2.45) is 5.73 Å². The number of hydrogen-bond donors (Lipinski definition) is 1. The molecule has 0 radical (unpaired) electrons. The van der Waals surface area contributed by atoms with Crippen molar-refractivity contribution in [2.45, 2.75) is 38.8 Å². The van der Waals surface area contributed by atoms with Gasteiger partial charge in [0.15, 0.2) is 0 Å². The van der Waals surface area contributed by atoms with Crippen molar-refractivity contribution in [3.05, 3.63) is 29.8 Å². The fourth-order valence-corrected chi connectivity index (χ4v) is 2.98. The molecule has 0 saturated carbocycles. The summed E-state index contributed by atoms with van der Waals surface area (Å²) in [6, 6.07) is 9.88. The molecule has 1 aliphatic rings. The van der Waals surface area contributed by atoms with Gasteiger partial charge in [-0.05, 0) is 51.9 Å². The van der Waals surface area contributed by atoms with Gasteiger partial charge >= 0.3 is 0 Å². The van der Waals surface area contributed by atoms with E-state index < -0.39 is 0 Å². The summed E-state index contributed by atoms with van der Waals surface area (Å²) in [5.41, 5.74) is 8.56. The topological polar surface area (TPSA) is 32.5 Å². The van der Waals surface area contributed by atoms with Gasteiger partial charge in [-0.2, -0.15) is 0 Å². The Kier molecular flexibility index (Phi) is 4.83. The van der Waals surface area contributed by atoms with Crippen LogP contribution in [0.5, 0.6) is 0 Å². The maximum absolute atomic E-state index is 5.82. The highest BCUT2D eigenvalue weighted by Crippen LogP contribution is 2.26. The molecule has 1 saturated heterocycles. The molecule has 2 atom stereocenters. The van der Waals surface area contributed by atoms with E-state index in [4.69, 9.17) is 5.73 Å². The van der Waals surface area contributed by atoms with Gasteiger partial charge in [-0.3, -0.25) is 0 Å². The third kappa shape index (κ3) is 3.28. The Morgan fingerprint density at radius 1 is 1.32 bits per heavy atom. The van der Waals surface area contributed by atoms with Crippen LogP contribution in [0, 0.1) is 6.92 Å². The normalized spacial score (nSPS) is 25.4. The van der Waals surface area contributed by atoms with Crippen LogP contribution in [0.4, 0.5) is 5.69 Å². The van der Waals surface area contributed by atoms with Crippen LogP contribution in [0.25, 0.3) is 0 Å². The number of likely N-dealkylation sites (N-methyl/N-ethyl adjacent to an activating group) is 1. The highest BCUT2D eigenvalue weighted by Gasteiger charge is 2.26. The van der Waals surface area contributed by atoms with E-state index >= 15 is 0 Å². The fourth-order valence-electron chi connectivity index (χ4n) is 2.98. The molecule has 3 nitrogen and oxygen atoms in total. The minimum atomic E-state index is 0.529. The molecular formula is C16H27N3. The minimum Gasteiger partial charge on any atom is -0.367 e. The second kappa shape index (κ2) is 6.40. The van der Waals surface area contributed by atoms with E-state index in [0.717, 1.165) is 26.1 Å². The lowest BCUT2D eigenvalue weighted by Crippen LogP contribution is -2.42. The Bertz CT molecular complexity index is 405. The molecule has 1 heterocycles. The first kappa shape index (κ1) is 14.4. The fraction of sp³-hybridized carbons (Fsp3) is 0.625. The van der Waals surface area contributed by atoms with Crippen LogP contribution in [0.3, 0.4) is 0 Å². The van der Waals surface area contributed by atoms with Crippen LogP contribution in [0.2, 0.25) is 0 Å². The van der Waals surface area contributed by atoms with Gasteiger partial charge in [-0.15, -0.1) is 0 Å². The first-order valence-corrected chi connectivity index (χ1v) is 7.36. The van der Waals surface area contributed by atoms with E-state index in [9.17, 15) is 0 Å². The smallest absolute Gasteiger partial charge is 0.0429 e. The molecule has 106 valence electrons. The molecule has 0 aromatic heterocycles.